The van der Waals surface area contributed by atoms with Gasteiger partial charge in [-0.2, -0.15) is 0 Å². The molecular weight excluding hydrogens is 352 g/mol. The minimum absolute atomic E-state index is 0.000406. The number of epoxide rings is 1. The first-order chi connectivity index (χ1) is 13.6. The van der Waals surface area contributed by atoms with Crippen LogP contribution in [0, 0.1) is 17.3 Å². The third-order valence-electron chi connectivity index (χ3n) is 9.23. The molecule has 4 heteroatoms. The first-order valence-electron chi connectivity index (χ1n) is 11.5. The molecule has 2 aliphatic heterocycles. The van der Waals surface area contributed by atoms with Crippen LogP contribution in [0.1, 0.15) is 64.7 Å². The monoisotopic (exact) mass is 386 g/mol. The van der Waals surface area contributed by atoms with Crippen molar-refractivity contribution in [1.29, 1.82) is 0 Å². The minimum Gasteiger partial charge on any atom is -0.377 e. The van der Waals surface area contributed by atoms with Gasteiger partial charge in [-0.15, -0.1) is 6.58 Å². The van der Waals surface area contributed by atoms with E-state index in [9.17, 15) is 0 Å². The second-order valence-corrected chi connectivity index (χ2v) is 10.3. The average molecular weight is 387 g/mol. The molecule has 0 aromatic carbocycles. The van der Waals surface area contributed by atoms with E-state index >= 15 is 0 Å². The van der Waals surface area contributed by atoms with Crippen molar-refractivity contribution in [3.63, 3.8) is 0 Å². The predicted octanol–water partition coefficient (Wildman–Crippen LogP) is 4.54. The molecule has 28 heavy (non-hydrogen) atoms. The zero-order valence-electron chi connectivity index (χ0n) is 17.2. The maximum absolute atomic E-state index is 6.69. The smallest absolute Gasteiger partial charge is 0.171 e. The second kappa shape index (κ2) is 5.94. The van der Waals surface area contributed by atoms with Crippen molar-refractivity contribution in [1.82, 2.24) is 0 Å². The fourth-order valence-corrected chi connectivity index (χ4v) is 7.85. The Morgan fingerprint density at radius 1 is 1.18 bits per heavy atom. The highest BCUT2D eigenvalue weighted by atomic mass is 16.7. The Morgan fingerprint density at radius 2 is 2.04 bits per heavy atom. The molecule has 0 aromatic heterocycles. The van der Waals surface area contributed by atoms with Gasteiger partial charge in [-0.25, -0.2) is 0 Å². The fraction of sp³-hybridized carbons (Fsp3) is 0.833. The van der Waals surface area contributed by atoms with Gasteiger partial charge in [-0.05, 0) is 62.4 Å². The highest BCUT2D eigenvalue weighted by Gasteiger charge is 2.79. The molecule has 2 heterocycles. The van der Waals surface area contributed by atoms with Gasteiger partial charge in [0.1, 0.15) is 11.2 Å². The number of allylic oxidation sites excluding steroid dienone is 1. The van der Waals surface area contributed by atoms with Gasteiger partial charge in [-0.1, -0.05) is 19.1 Å². The normalized spacial score (nSPS) is 50.3. The van der Waals surface area contributed by atoms with Gasteiger partial charge >= 0.3 is 0 Å². The van der Waals surface area contributed by atoms with Crippen LogP contribution in [0.5, 0.6) is 0 Å². The summed E-state index contributed by atoms with van der Waals surface area (Å²) in [4.78, 5) is 0. The van der Waals surface area contributed by atoms with E-state index < -0.39 is 0 Å². The molecular formula is C24H34O4. The third-order valence-corrected chi connectivity index (χ3v) is 9.23. The quantitative estimate of drug-likeness (QED) is 0.404. The van der Waals surface area contributed by atoms with E-state index in [0.717, 1.165) is 64.3 Å². The van der Waals surface area contributed by atoms with Gasteiger partial charge in [0.25, 0.3) is 0 Å². The number of fused-ring (bicyclic) bond motifs is 3. The van der Waals surface area contributed by atoms with Crippen LogP contribution in [0.3, 0.4) is 0 Å². The first-order valence-corrected chi connectivity index (χ1v) is 11.5. The Bertz CT molecular complexity index is 709. The zero-order valence-corrected chi connectivity index (χ0v) is 17.2. The molecule has 5 fully saturated rings. The maximum atomic E-state index is 6.69. The van der Waals surface area contributed by atoms with Gasteiger partial charge in [0.05, 0.1) is 25.9 Å². The van der Waals surface area contributed by atoms with Gasteiger partial charge < -0.3 is 18.9 Å². The summed E-state index contributed by atoms with van der Waals surface area (Å²) in [5.41, 5.74) is 1.92. The van der Waals surface area contributed by atoms with Crippen molar-refractivity contribution in [3.05, 3.63) is 24.3 Å². The van der Waals surface area contributed by atoms with Crippen LogP contribution in [-0.2, 0) is 18.9 Å². The molecule has 3 saturated carbocycles. The number of rotatable bonds is 4. The molecule has 154 valence electrons. The van der Waals surface area contributed by atoms with E-state index in [1.807, 2.05) is 6.08 Å². The van der Waals surface area contributed by atoms with Crippen LogP contribution in [0.25, 0.3) is 0 Å². The topological polar surface area (TPSA) is 40.2 Å². The van der Waals surface area contributed by atoms with E-state index in [-0.39, 0.29) is 22.4 Å². The summed E-state index contributed by atoms with van der Waals surface area (Å²) in [6, 6.07) is 0. The molecule has 0 amide bonds. The van der Waals surface area contributed by atoms with Gasteiger partial charge in [0.2, 0.25) is 0 Å². The van der Waals surface area contributed by atoms with Crippen LogP contribution < -0.4 is 0 Å². The van der Waals surface area contributed by atoms with Gasteiger partial charge in [-0.3, -0.25) is 0 Å². The largest absolute Gasteiger partial charge is 0.377 e. The van der Waals surface area contributed by atoms with Crippen LogP contribution >= 0.6 is 0 Å². The van der Waals surface area contributed by atoms with E-state index in [1.165, 1.54) is 19.3 Å². The Morgan fingerprint density at radius 3 is 2.86 bits per heavy atom. The molecule has 6 atom stereocenters. The van der Waals surface area contributed by atoms with Crippen LogP contribution in [0.2, 0.25) is 0 Å². The summed E-state index contributed by atoms with van der Waals surface area (Å²) < 4.78 is 25.1. The Balaban J connectivity index is 1.25. The van der Waals surface area contributed by atoms with Gasteiger partial charge in [0.15, 0.2) is 5.79 Å². The van der Waals surface area contributed by atoms with Crippen molar-refractivity contribution >= 4 is 0 Å². The fourth-order valence-electron chi connectivity index (χ4n) is 7.85. The molecule has 4 aliphatic carbocycles. The van der Waals surface area contributed by atoms with E-state index in [2.05, 4.69) is 19.6 Å². The lowest BCUT2D eigenvalue weighted by Crippen LogP contribution is -2.52. The van der Waals surface area contributed by atoms with E-state index in [4.69, 9.17) is 18.9 Å². The van der Waals surface area contributed by atoms with Gasteiger partial charge in [0, 0.05) is 18.3 Å². The van der Waals surface area contributed by atoms with Crippen molar-refractivity contribution in [2.45, 2.75) is 87.8 Å². The second-order valence-electron chi connectivity index (χ2n) is 10.3. The number of hydrogen-bond acceptors (Lipinski definition) is 4. The third kappa shape index (κ3) is 2.21. The molecule has 2 unspecified atom stereocenters. The molecule has 0 bridgehead atoms. The Labute approximate surface area is 168 Å². The van der Waals surface area contributed by atoms with E-state index in [1.54, 1.807) is 5.57 Å². The van der Waals surface area contributed by atoms with Crippen LogP contribution in [0.15, 0.2) is 24.3 Å². The molecule has 0 radical (unpaired) electrons. The number of ether oxygens (including phenoxy) is 4. The molecule has 2 saturated heterocycles. The first kappa shape index (κ1) is 18.1. The Hall–Kier alpha value is -0.680. The maximum Gasteiger partial charge on any atom is 0.171 e. The van der Waals surface area contributed by atoms with Crippen LogP contribution in [-0.4, -0.2) is 42.9 Å². The highest BCUT2D eigenvalue weighted by Crippen LogP contribution is 2.73. The average Bonchev–Trinajstić information content (AvgIpc) is 2.95. The highest BCUT2D eigenvalue weighted by molar-refractivity contribution is 5.43. The lowest BCUT2D eigenvalue weighted by Gasteiger charge is -2.50. The summed E-state index contributed by atoms with van der Waals surface area (Å²) in [5.74, 6) is 1.07. The summed E-state index contributed by atoms with van der Waals surface area (Å²) in [6.45, 7) is 8.61. The summed E-state index contributed by atoms with van der Waals surface area (Å²) in [6.07, 6.45) is 14.9. The lowest BCUT2D eigenvalue weighted by molar-refractivity contribution is -0.185. The SMILES string of the molecule is C=CCCOC1CCC2[C@@H]3CC[C@@]45CC6(CC[C@@]4(O5)C3=CC[C@]12C)OCCO6. The van der Waals surface area contributed by atoms with E-state index in [0.29, 0.717) is 12.0 Å². The zero-order chi connectivity index (χ0) is 19.0. The van der Waals surface area contributed by atoms with Crippen molar-refractivity contribution < 1.29 is 18.9 Å². The Kier molecular flexibility index (Phi) is 3.84. The molecule has 6 rings (SSSR count). The summed E-state index contributed by atoms with van der Waals surface area (Å²) >= 11 is 0. The lowest BCUT2D eigenvalue weighted by atomic mass is 9.54. The number of hydrogen-bond donors (Lipinski definition) is 0. The minimum atomic E-state index is -0.353. The molecule has 1 spiro atoms. The summed E-state index contributed by atoms with van der Waals surface area (Å²) in [5, 5.41) is 0. The van der Waals surface area contributed by atoms with Crippen molar-refractivity contribution in [2.75, 3.05) is 19.8 Å². The predicted molar refractivity (Wildman–Crippen MR) is 106 cm³/mol. The molecule has 0 aromatic rings. The molecule has 4 nitrogen and oxygen atoms in total. The van der Waals surface area contributed by atoms with Crippen molar-refractivity contribution in [3.8, 4) is 0 Å². The molecule has 0 N–H and O–H groups in total. The summed E-state index contributed by atoms with van der Waals surface area (Å²) in [7, 11) is 0. The van der Waals surface area contributed by atoms with Crippen molar-refractivity contribution in [2.24, 2.45) is 17.3 Å². The standard InChI is InChI=1S/C24H34O4/c1-3-4-13-25-20-6-5-18-17-7-10-22-16-23(26-14-15-27-23)11-12-24(22,28-22)19(17)8-9-21(18,20)2/h3,8,17-18,20H,1,4-7,9-16H2,2H3/t17-,18?,20?,21-,22+,24+/m0/s1. The molecule has 6 aliphatic rings. The van der Waals surface area contributed by atoms with Crippen LogP contribution in [0.4, 0.5) is 0 Å².